The third-order valence-corrected chi connectivity index (χ3v) is 3.79. The maximum absolute atomic E-state index is 4.59. The van der Waals surface area contributed by atoms with E-state index in [9.17, 15) is 0 Å². The molecule has 1 unspecified atom stereocenters. The van der Waals surface area contributed by atoms with Gasteiger partial charge in [0.2, 0.25) is 5.95 Å². The van der Waals surface area contributed by atoms with Crippen LogP contribution in [0.3, 0.4) is 0 Å². The summed E-state index contributed by atoms with van der Waals surface area (Å²) in [5.74, 6) is 1.22. The molecule has 2 rings (SSSR count). The normalized spacial score (nSPS) is 17.9. The van der Waals surface area contributed by atoms with E-state index in [1.165, 1.54) is 25.9 Å². The number of anilines is 1. The van der Waals surface area contributed by atoms with Gasteiger partial charge in [-0.15, -0.1) is 0 Å². The van der Waals surface area contributed by atoms with Gasteiger partial charge in [0, 0.05) is 24.0 Å². The second kappa shape index (κ2) is 6.33. The smallest absolute Gasteiger partial charge is 0.223 e. The van der Waals surface area contributed by atoms with Crippen molar-refractivity contribution in [2.75, 3.05) is 25.0 Å². The lowest BCUT2D eigenvalue weighted by atomic mass is 10.1. The van der Waals surface area contributed by atoms with Gasteiger partial charge < -0.3 is 5.32 Å². The molecule has 1 fully saturated rings. The van der Waals surface area contributed by atoms with Gasteiger partial charge in [-0.1, -0.05) is 13.8 Å². The van der Waals surface area contributed by atoms with Gasteiger partial charge in [-0.2, -0.15) is 0 Å². The highest BCUT2D eigenvalue weighted by Crippen LogP contribution is 2.15. The van der Waals surface area contributed by atoms with Crippen LogP contribution in [-0.4, -0.2) is 40.5 Å². The molecule has 2 heterocycles. The minimum absolute atomic E-state index is 0.443. The molecule has 0 spiro atoms. The predicted octanol–water partition coefficient (Wildman–Crippen LogP) is 2.80. The summed E-state index contributed by atoms with van der Waals surface area (Å²) in [4.78, 5) is 11.6. The molecule has 4 heteroatoms. The summed E-state index contributed by atoms with van der Waals surface area (Å²) in [6.45, 7) is 12.0. The predicted molar refractivity (Wildman–Crippen MR) is 79.6 cm³/mol. The number of nitrogens with one attached hydrogen (secondary N) is 1. The van der Waals surface area contributed by atoms with E-state index in [1.54, 1.807) is 0 Å². The minimum Gasteiger partial charge on any atom is -0.353 e. The minimum atomic E-state index is 0.443. The van der Waals surface area contributed by atoms with Gasteiger partial charge >= 0.3 is 0 Å². The first-order valence-corrected chi connectivity index (χ1v) is 7.39. The van der Waals surface area contributed by atoms with Crippen molar-refractivity contribution >= 4 is 5.95 Å². The zero-order chi connectivity index (χ0) is 13.8. The van der Waals surface area contributed by atoms with Gasteiger partial charge in [-0.25, -0.2) is 9.97 Å². The molecule has 19 heavy (non-hydrogen) atoms. The van der Waals surface area contributed by atoms with Crippen molar-refractivity contribution in [2.24, 2.45) is 0 Å². The van der Waals surface area contributed by atoms with E-state index in [1.807, 2.05) is 6.92 Å². The fourth-order valence-electron chi connectivity index (χ4n) is 2.52. The lowest BCUT2D eigenvalue weighted by Gasteiger charge is -2.24. The van der Waals surface area contributed by atoms with Gasteiger partial charge in [-0.3, -0.25) is 4.90 Å². The molecule has 0 saturated carbocycles. The van der Waals surface area contributed by atoms with Crippen LogP contribution in [0.1, 0.15) is 50.9 Å². The fraction of sp³-hybridized carbons (Fsp3) is 0.733. The first kappa shape index (κ1) is 14.3. The first-order chi connectivity index (χ1) is 9.06. The van der Waals surface area contributed by atoms with Crippen molar-refractivity contribution in [3.05, 3.63) is 17.5 Å². The standard InChI is InChI=1S/C15H26N4/c1-11(2)14-9-12(3)17-15(18-14)16-10-13(4)19-7-5-6-8-19/h9,11,13H,5-8,10H2,1-4H3,(H,16,17,18). The van der Waals surface area contributed by atoms with Gasteiger partial charge in [-0.05, 0) is 51.8 Å². The van der Waals surface area contributed by atoms with Crippen molar-refractivity contribution in [2.45, 2.75) is 52.5 Å². The van der Waals surface area contributed by atoms with Crippen LogP contribution < -0.4 is 5.32 Å². The zero-order valence-electron chi connectivity index (χ0n) is 12.6. The Bertz CT molecular complexity index is 411. The Morgan fingerprint density at radius 1 is 1.21 bits per heavy atom. The molecule has 1 saturated heterocycles. The summed E-state index contributed by atoms with van der Waals surface area (Å²) in [6, 6.07) is 2.62. The Hall–Kier alpha value is -1.16. The Morgan fingerprint density at radius 2 is 1.89 bits per heavy atom. The van der Waals surface area contributed by atoms with Gasteiger partial charge in [0.05, 0.1) is 0 Å². The monoisotopic (exact) mass is 262 g/mol. The van der Waals surface area contributed by atoms with Crippen LogP contribution in [-0.2, 0) is 0 Å². The number of aromatic nitrogens is 2. The quantitative estimate of drug-likeness (QED) is 0.886. The lowest BCUT2D eigenvalue weighted by molar-refractivity contribution is 0.269. The number of hydrogen-bond acceptors (Lipinski definition) is 4. The molecule has 1 N–H and O–H groups in total. The van der Waals surface area contributed by atoms with Gasteiger partial charge in [0.15, 0.2) is 0 Å². The Balaban J connectivity index is 1.94. The summed E-state index contributed by atoms with van der Waals surface area (Å²) in [7, 11) is 0. The molecule has 106 valence electrons. The molecule has 1 aromatic heterocycles. The summed E-state index contributed by atoms with van der Waals surface area (Å²) in [5, 5.41) is 3.39. The number of rotatable bonds is 5. The largest absolute Gasteiger partial charge is 0.353 e. The van der Waals surface area contributed by atoms with Crippen molar-refractivity contribution < 1.29 is 0 Å². The van der Waals surface area contributed by atoms with Crippen molar-refractivity contribution in [3.8, 4) is 0 Å². The maximum atomic E-state index is 4.59. The van der Waals surface area contributed by atoms with Gasteiger partial charge in [0.1, 0.15) is 0 Å². The molecule has 0 bridgehead atoms. The van der Waals surface area contributed by atoms with E-state index >= 15 is 0 Å². The number of nitrogens with zero attached hydrogens (tertiary/aromatic N) is 3. The Kier molecular flexibility index (Phi) is 4.75. The number of aryl methyl sites for hydroxylation is 1. The van der Waals surface area contributed by atoms with Crippen LogP contribution in [0.5, 0.6) is 0 Å². The Morgan fingerprint density at radius 3 is 2.53 bits per heavy atom. The molecule has 1 aromatic rings. The summed E-state index contributed by atoms with van der Waals surface area (Å²) in [6.07, 6.45) is 2.67. The summed E-state index contributed by atoms with van der Waals surface area (Å²) in [5.41, 5.74) is 2.15. The zero-order valence-corrected chi connectivity index (χ0v) is 12.6. The van der Waals surface area contributed by atoms with E-state index in [4.69, 9.17) is 0 Å². The average molecular weight is 262 g/mol. The first-order valence-electron chi connectivity index (χ1n) is 7.39. The topological polar surface area (TPSA) is 41.1 Å². The van der Waals surface area contributed by atoms with E-state index in [2.05, 4.69) is 47.0 Å². The van der Waals surface area contributed by atoms with Crippen molar-refractivity contribution in [3.63, 3.8) is 0 Å². The van der Waals surface area contributed by atoms with Crippen molar-refractivity contribution in [1.82, 2.24) is 14.9 Å². The average Bonchev–Trinajstić information content (AvgIpc) is 2.89. The summed E-state index contributed by atoms with van der Waals surface area (Å²) >= 11 is 0. The number of likely N-dealkylation sites (tertiary alicyclic amines) is 1. The van der Waals surface area contributed by atoms with Crippen LogP contribution >= 0.6 is 0 Å². The van der Waals surface area contributed by atoms with Crippen LogP contribution in [0.4, 0.5) is 5.95 Å². The van der Waals surface area contributed by atoms with E-state index < -0.39 is 0 Å². The highest BCUT2D eigenvalue weighted by Gasteiger charge is 2.18. The molecule has 0 aromatic carbocycles. The molecular weight excluding hydrogens is 236 g/mol. The molecule has 1 atom stereocenters. The third-order valence-electron chi connectivity index (χ3n) is 3.79. The molecule has 0 aliphatic carbocycles. The fourth-order valence-corrected chi connectivity index (χ4v) is 2.52. The highest BCUT2D eigenvalue weighted by atomic mass is 15.2. The molecule has 0 radical (unpaired) electrons. The van der Waals surface area contributed by atoms with Crippen LogP contribution in [0.25, 0.3) is 0 Å². The SMILES string of the molecule is Cc1cc(C(C)C)nc(NCC(C)N2CCCC2)n1. The second-order valence-electron chi connectivity index (χ2n) is 5.89. The Labute approximate surface area is 116 Å². The second-order valence-corrected chi connectivity index (χ2v) is 5.89. The van der Waals surface area contributed by atoms with E-state index in [0.29, 0.717) is 12.0 Å². The molecule has 4 nitrogen and oxygen atoms in total. The molecule has 0 amide bonds. The molecule has 1 aliphatic rings. The number of hydrogen-bond donors (Lipinski definition) is 1. The van der Waals surface area contributed by atoms with Crippen LogP contribution in [0, 0.1) is 6.92 Å². The van der Waals surface area contributed by atoms with Gasteiger partial charge in [0.25, 0.3) is 0 Å². The highest BCUT2D eigenvalue weighted by molar-refractivity contribution is 5.29. The maximum Gasteiger partial charge on any atom is 0.223 e. The molecule has 1 aliphatic heterocycles. The molecular formula is C15H26N4. The van der Waals surface area contributed by atoms with Crippen LogP contribution in [0.15, 0.2) is 6.07 Å². The van der Waals surface area contributed by atoms with E-state index in [-0.39, 0.29) is 0 Å². The van der Waals surface area contributed by atoms with Crippen molar-refractivity contribution in [1.29, 1.82) is 0 Å². The lowest BCUT2D eigenvalue weighted by Crippen LogP contribution is -2.35. The summed E-state index contributed by atoms with van der Waals surface area (Å²) < 4.78 is 0. The van der Waals surface area contributed by atoms with E-state index in [0.717, 1.165) is 23.9 Å². The van der Waals surface area contributed by atoms with Crippen LogP contribution in [0.2, 0.25) is 0 Å². The third kappa shape index (κ3) is 3.90.